The average Bonchev–Trinajstić information content (AvgIpc) is 2.16. The highest BCUT2D eigenvalue weighted by Gasteiger charge is 2.01. The topological polar surface area (TPSA) is 35.2 Å². The Balaban J connectivity index is 2.73. The van der Waals surface area contributed by atoms with E-state index in [0.717, 1.165) is 6.42 Å². The molecular weight excluding hydrogens is 186 g/mol. The lowest BCUT2D eigenvalue weighted by Crippen LogP contribution is -2.10. The van der Waals surface area contributed by atoms with Crippen molar-refractivity contribution < 1.29 is 4.74 Å². The minimum absolute atomic E-state index is 0.505. The van der Waals surface area contributed by atoms with Crippen LogP contribution in [0.3, 0.4) is 0 Å². The molecule has 0 aliphatic heterocycles. The first kappa shape index (κ1) is 10.4. The van der Waals surface area contributed by atoms with Gasteiger partial charge in [-0.05, 0) is 24.1 Å². The molecule has 0 amide bonds. The first-order valence-electron chi connectivity index (χ1n) is 4.39. The molecule has 0 aromatic heterocycles. The van der Waals surface area contributed by atoms with E-state index in [-0.39, 0.29) is 0 Å². The van der Waals surface area contributed by atoms with E-state index in [1.165, 1.54) is 5.56 Å². The molecule has 0 saturated carbocycles. The van der Waals surface area contributed by atoms with Crippen LogP contribution < -0.4 is 10.5 Å². The average molecular weight is 200 g/mol. The first-order valence-corrected chi connectivity index (χ1v) is 4.77. The van der Waals surface area contributed by atoms with E-state index < -0.39 is 0 Å². The lowest BCUT2D eigenvalue weighted by molar-refractivity contribution is 0.328. The van der Waals surface area contributed by atoms with Gasteiger partial charge in [-0.3, -0.25) is 0 Å². The number of benzene rings is 1. The summed E-state index contributed by atoms with van der Waals surface area (Å²) in [5.74, 6) is 0.712. The van der Waals surface area contributed by atoms with Crippen molar-refractivity contribution in [3.63, 3.8) is 0 Å². The summed E-state index contributed by atoms with van der Waals surface area (Å²) in [6.07, 6.45) is 0.983. The molecule has 2 N–H and O–H groups in total. The van der Waals surface area contributed by atoms with Crippen LogP contribution in [-0.2, 0) is 6.42 Å². The van der Waals surface area contributed by atoms with Crippen LogP contribution in [-0.4, -0.2) is 13.2 Å². The van der Waals surface area contributed by atoms with Crippen LogP contribution in [0, 0.1) is 0 Å². The number of rotatable bonds is 4. The number of aryl methyl sites for hydroxylation is 1. The standard InChI is InChI=1S/C10H14ClNO/c1-2-8-3-4-10(9(11)7-8)13-6-5-12/h3-4,7H,2,5-6,12H2,1H3. The van der Waals surface area contributed by atoms with Gasteiger partial charge in [-0.2, -0.15) is 0 Å². The van der Waals surface area contributed by atoms with Crippen LogP contribution in [0.25, 0.3) is 0 Å². The van der Waals surface area contributed by atoms with Crippen LogP contribution in [0.1, 0.15) is 12.5 Å². The van der Waals surface area contributed by atoms with Crippen LogP contribution in [0.15, 0.2) is 18.2 Å². The fraction of sp³-hybridized carbons (Fsp3) is 0.400. The van der Waals surface area contributed by atoms with E-state index in [1.54, 1.807) is 0 Å². The third-order valence-corrected chi connectivity index (χ3v) is 2.08. The molecule has 0 heterocycles. The van der Waals surface area contributed by atoms with Crippen molar-refractivity contribution in [3.8, 4) is 5.75 Å². The molecule has 3 heteroatoms. The maximum absolute atomic E-state index is 5.98. The number of ether oxygens (including phenoxy) is 1. The molecular formula is C10H14ClNO. The third kappa shape index (κ3) is 2.90. The van der Waals surface area contributed by atoms with Gasteiger partial charge in [-0.1, -0.05) is 24.6 Å². The summed E-state index contributed by atoms with van der Waals surface area (Å²) in [5.41, 5.74) is 6.53. The predicted octanol–water partition coefficient (Wildman–Crippen LogP) is 2.24. The molecule has 1 aromatic rings. The molecule has 0 aliphatic carbocycles. The normalized spacial score (nSPS) is 10.1. The Hall–Kier alpha value is -0.730. The minimum Gasteiger partial charge on any atom is -0.491 e. The second-order valence-corrected chi connectivity index (χ2v) is 3.16. The van der Waals surface area contributed by atoms with Gasteiger partial charge in [-0.15, -0.1) is 0 Å². The summed E-state index contributed by atoms with van der Waals surface area (Å²) in [6.45, 7) is 3.10. The fourth-order valence-corrected chi connectivity index (χ4v) is 1.31. The molecule has 0 spiro atoms. The molecule has 1 aromatic carbocycles. The highest BCUT2D eigenvalue weighted by Crippen LogP contribution is 2.25. The zero-order chi connectivity index (χ0) is 9.68. The molecule has 0 aliphatic rings. The lowest BCUT2D eigenvalue weighted by Gasteiger charge is -2.07. The number of hydrogen-bond donors (Lipinski definition) is 1. The molecule has 0 unspecified atom stereocenters. The maximum atomic E-state index is 5.98. The summed E-state index contributed by atoms with van der Waals surface area (Å²) >= 11 is 5.98. The number of halogens is 1. The van der Waals surface area contributed by atoms with Gasteiger partial charge in [0.1, 0.15) is 12.4 Å². The fourth-order valence-electron chi connectivity index (χ4n) is 1.05. The van der Waals surface area contributed by atoms with Gasteiger partial charge in [0.2, 0.25) is 0 Å². The zero-order valence-electron chi connectivity index (χ0n) is 7.72. The molecule has 0 radical (unpaired) electrons. The van der Waals surface area contributed by atoms with Gasteiger partial charge in [0.15, 0.2) is 0 Å². The summed E-state index contributed by atoms with van der Waals surface area (Å²) < 4.78 is 5.33. The van der Waals surface area contributed by atoms with E-state index in [9.17, 15) is 0 Å². The Morgan fingerprint density at radius 3 is 2.77 bits per heavy atom. The first-order chi connectivity index (χ1) is 6.27. The molecule has 0 fully saturated rings. The van der Waals surface area contributed by atoms with Gasteiger partial charge in [0.05, 0.1) is 5.02 Å². The van der Waals surface area contributed by atoms with Gasteiger partial charge >= 0.3 is 0 Å². The molecule has 0 saturated heterocycles. The van der Waals surface area contributed by atoms with Crippen LogP contribution in [0.2, 0.25) is 5.02 Å². The van der Waals surface area contributed by atoms with Crippen molar-refractivity contribution in [2.75, 3.05) is 13.2 Å². The zero-order valence-corrected chi connectivity index (χ0v) is 8.47. The second kappa shape index (κ2) is 5.10. The summed E-state index contributed by atoms with van der Waals surface area (Å²) in [6, 6.07) is 5.82. The Bertz CT molecular complexity index is 276. The minimum atomic E-state index is 0.505. The van der Waals surface area contributed by atoms with Crippen molar-refractivity contribution in [2.24, 2.45) is 5.73 Å². The van der Waals surface area contributed by atoms with E-state index >= 15 is 0 Å². The lowest BCUT2D eigenvalue weighted by atomic mass is 10.2. The third-order valence-electron chi connectivity index (χ3n) is 1.78. The van der Waals surface area contributed by atoms with Crippen LogP contribution in [0.4, 0.5) is 0 Å². The summed E-state index contributed by atoms with van der Waals surface area (Å²) in [4.78, 5) is 0. The van der Waals surface area contributed by atoms with E-state index in [2.05, 4.69) is 6.92 Å². The maximum Gasteiger partial charge on any atom is 0.137 e. The molecule has 13 heavy (non-hydrogen) atoms. The SMILES string of the molecule is CCc1ccc(OCCN)c(Cl)c1. The monoisotopic (exact) mass is 199 g/mol. The van der Waals surface area contributed by atoms with Crippen molar-refractivity contribution in [3.05, 3.63) is 28.8 Å². The predicted molar refractivity (Wildman–Crippen MR) is 55.4 cm³/mol. The Morgan fingerprint density at radius 1 is 1.46 bits per heavy atom. The quantitative estimate of drug-likeness (QED) is 0.808. The molecule has 72 valence electrons. The Morgan fingerprint density at radius 2 is 2.23 bits per heavy atom. The Kier molecular flexibility index (Phi) is 4.06. The smallest absolute Gasteiger partial charge is 0.137 e. The van der Waals surface area contributed by atoms with Crippen molar-refractivity contribution in [1.82, 2.24) is 0 Å². The number of hydrogen-bond acceptors (Lipinski definition) is 2. The summed E-state index contributed by atoms with van der Waals surface area (Å²) in [7, 11) is 0. The molecule has 0 bridgehead atoms. The summed E-state index contributed by atoms with van der Waals surface area (Å²) in [5, 5.41) is 0.660. The Labute approximate surface area is 83.6 Å². The van der Waals surface area contributed by atoms with Crippen molar-refractivity contribution in [1.29, 1.82) is 0 Å². The van der Waals surface area contributed by atoms with Crippen LogP contribution >= 0.6 is 11.6 Å². The number of nitrogens with two attached hydrogens (primary N) is 1. The van der Waals surface area contributed by atoms with E-state index in [0.29, 0.717) is 23.9 Å². The molecule has 0 atom stereocenters. The molecule has 1 rings (SSSR count). The van der Waals surface area contributed by atoms with Crippen LogP contribution in [0.5, 0.6) is 5.75 Å². The van der Waals surface area contributed by atoms with E-state index in [1.807, 2.05) is 18.2 Å². The van der Waals surface area contributed by atoms with Crippen molar-refractivity contribution >= 4 is 11.6 Å². The van der Waals surface area contributed by atoms with Gasteiger partial charge in [-0.25, -0.2) is 0 Å². The van der Waals surface area contributed by atoms with Gasteiger partial charge in [0.25, 0.3) is 0 Å². The van der Waals surface area contributed by atoms with Crippen molar-refractivity contribution in [2.45, 2.75) is 13.3 Å². The molecule has 2 nitrogen and oxygen atoms in total. The van der Waals surface area contributed by atoms with Gasteiger partial charge < -0.3 is 10.5 Å². The largest absolute Gasteiger partial charge is 0.491 e. The van der Waals surface area contributed by atoms with E-state index in [4.69, 9.17) is 22.1 Å². The second-order valence-electron chi connectivity index (χ2n) is 2.76. The van der Waals surface area contributed by atoms with Gasteiger partial charge in [0, 0.05) is 6.54 Å². The highest BCUT2D eigenvalue weighted by atomic mass is 35.5. The highest BCUT2D eigenvalue weighted by molar-refractivity contribution is 6.32.